The van der Waals surface area contributed by atoms with Gasteiger partial charge >= 0.3 is 0 Å². The minimum absolute atomic E-state index is 0.238. The van der Waals surface area contributed by atoms with Crippen LogP contribution in [0, 0.1) is 22.1 Å². The SMILES string of the molecule is COC(=N)CN1CCN(CC#N)CCN(CC(=N)OC)CC1. The average molecular weight is 310 g/mol. The van der Waals surface area contributed by atoms with Crippen molar-refractivity contribution in [1.82, 2.24) is 14.7 Å². The zero-order chi connectivity index (χ0) is 16.4. The van der Waals surface area contributed by atoms with Crippen molar-refractivity contribution in [1.29, 1.82) is 16.1 Å². The number of nitrogens with zero attached hydrogens (tertiary/aromatic N) is 4. The van der Waals surface area contributed by atoms with E-state index in [0.717, 1.165) is 39.3 Å². The lowest BCUT2D eigenvalue weighted by Gasteiger charge is -2.25. The van der Waals surface area contributed by atoms with Gasteiger partial charge < -0.3 is 9.47 Å². The van der Waals surface area contributed by atoms with E-state index >= 15 is 0 Å². The molecule has 0 radical (unpaired) electrons. The molecule has 0 aromatic heterocycles. The van der Waals surface area contributed by atoms with Crippen LogP contribution >= 0.6 is 0 Å². The Morgan fingerprint density at radius 1 is 0.864 bits per heavy atom. The molecule has 1 heterocycles. The molecule has 1 rings (SSSR count). The van der Waals surface area contributed by atoms with Gasteiger partial charge in [-0.05, 0) is 0 Å². The minimum atomic E-state index is 0.238. The van der Waals surface area contributed by atoms with Gasteiger partial charge in [-0.1, -0.05) is 0 Å². The second-order valence-corrected chi connectivity index (χ2v) is 5.24. The summed E-state index contributed by atoms with van der Waals surface area (Å²) in [7, 11) is 3.01. The van der Waals surface area contributed by atoms with Crippen LogP contribution in [0.5, 0.6) is 0 Å². The van der Waals surface area contributed by atoms with Gasteiger partial charge in [-0.25, -0.2) is 0 Å². The summed E-state index contributed by atoms with van der Waals surface area (Å²) in [6.45, 7) is 6.09. The van der Waals surface area contributed by atoms with Crippen LogP contribution in [0.25, 0.3) is 0 Å². The van der Waals surface area contributed by atoms with Crippen molar-refractivity contribution in [2.45, 2.75) is 0 Å². The zero-order valence-electron chi connectivity index (χ0n) is 13.5. The second-order valence-electron chi connectivity index (χ2n) is 5.24. The Labute approximate surface area is 132 Å². The van der Waals surface area contributed by atoms with Gasteiger partial charge in [0.25, 0.3) is 0 Å². The van der Waals surface area contributed by atoms with Crippen molar-refractivity contribution in [2.75, 3.05) is 73.1 Å². The van der Waals surface area contributed by atoms with Crippen molar-refractivity contribution in [2.24, 2.45) is 0 Å². The van der Waals surface area contributed by atoms with Gasteiger partial charge in [-0.3, -0.25) is 25.5 Å². The number of rotatable bonds is 5. The molecule has 8 heteroatoms. The van der Waals surface area contributed by atoms with Gasteiger partial charge in [-0.2, -0.15) is 5.26 Å². The van der Waals surface area contributed by atoms with Crippen LogP contribution in [0.3, 0.4) is 0 Å². The molecule has 1 fully saturated rings. The molecule has 1 aliphatic heterocycles. The van der Waals surface area contributed by atoms with Gasteiger partial charge in [0.1, 0.15) is 0 Å². The number of nitriles is 1. The second kappa shape index (κ2) is 10.1. The highest BCUT2D eigenvalue weighted by atomic mass is 16.5. The van der Waals surface area contributed by atoms with Crippen LogP contribution in [0.2, 0.25) is 0 Å². The summed E-state index contributed by atoms with van der Waals surface area (Å²) in [5.74, 6) is 0.476. The van der Waals surface area contributed by atoms with Crippen molar-refractivity contribution < 1.29 is 9.47 Å². The minimum Gasteiger partial charge on any atom is -0.484 e. The molecule has 124 valence electrons. The predicted molar refractivity (Wildman–Crippen MR) is 84.4 cm³/mol. The molecular formula is C14H26N6O2. The Bertz CT molecular complexity index is 379. The molecule has 1 saturated heterocycles. The molecule has 0 bridgehead atoms. The lowest BCUT2D eigenvalue weighted by molar-refractivity contribution is 0.232. The van der Waals surface area contributed by atoms with E-state index < -0.39 is 0 Å². The average Bonchev–Trinajstić information content (AvgIpc) is 2.60. The smallest absolute Gasteiger partial charge is 0.194 e. The van der Waals surface area contributed by atoms with Gasteiger partial charge in [-0.15, -0.1) is 0 Å². The molecule has 0 aliphatic carbocycles. The van der Waals surface area contributed by atoms with Crippen LogP contribution in [-0.2, 0) is 9.47 Å². The normalized spacial score (nSPS) is 18.6. The molecule has 0 amide bonds. The Morgan fingerprint density at radius 3 is 1.55 bits per heavy atom. The zero-order valence-corrected chi connectivity index (χ0v) is 13.5. The van der Waals surface area contributed by atoms with Crippen molar-refractivity contribution in [3.63, 3.8) is 0 Å². The van der Waals surface area contributed by atoms with Crippen molar-refractivity contribution in [3.05, 3.63) is 0 Å². The molecular weight excluding hydrogens is 284 g/mol. The first-order valence-electron chi connectivity index (χ1n) is 7.36. The Morgan fingerprint density at radius 2 is 1.23 bits per heavy atom. The first-order chi connectivity index (χ1) is 10.6. The summed E-state index contributed by atoms with van der Waals surface area (Å²) in [6, 6.07) is 2.19. The maximum absolute atomic E-state index is 8.92. The summed E-state index contributed by atoms with van der Waals surface area (Å²) >= 11 is 0. The summed E-state index contributed by atoms with van der Waals surface area (Å²) < 4.78 is 9.89. The maximum atomic E-state index is 8.92. The largest absolute Gasteiger partial charge is 0.484 e. The van der Waals surface area contributed by atoms with E-state index in [9.17, 15) is 0 Å². The molecule has 8 nitrogen and oxygen atoms in total. The van der Waals surface area contributed by atoms with Crippen molar-refractivity contribution >= 4 is 11.8 Å². The van der Waals surface area contributed by atoms with E-state index in [1.165, 1.54) is 14.2 Å². The predicted octanol–water partition coefficient (Wildman–Crippen LogP) is -0.323. The topological polar surface area (TPSA) is 99.7 Å². The molecule has 0 spiro atoms. The van der Waals surface area contributed by atoms with Gasteiger partial charge in [0.05, 0.1) is 39.9 Å². The lowest BCUT2D eigenvalue weighted by Crippen LogP contribution is -2.40. The number of hydrogen-bond donors (Lipinski definition) is 2. The van der Waals surface area contributed by atoms with Crippen molar-refractivity contribution in [3.8, 4) is 6.07 Å². The van der Waals surface area contributed by atoms with Crippen LogP contribution in [-0.4, -0.2) is 99.6 Å². The van der Waals surface area contributed by atoms with Gasteiger partial charge in [0.15, 0.2) is 11.8 Å². The highest BCUT2D eigenvalue weighted by Crippen LogP contribution is 2.01. The third kappa shape index (κ3) is 6.85. The number of nitrogens with one attached hydrogen (secondary N) is 2. The number of methoxy groups -OCH3 is 2. The van der Waals surface area contributed by atoms with Crippen LogP contribution in [0.1, 0.15) is 0 Å². The molecule has 0 saturated carbocycles. The standard InChI is InChI=1S/C14H26N6O2/c1-21-13(16)11-19-7-5-18(4-3-15)6-8-20(10-9-19)12-14(17)22-2/h16-17H,4-12H2,1-2H3. The van der Waals surface area contributed by atoms with Crippen LogP contribution in [0.4, 0.5) is 0 Å². The van der Waals surface area contributed by atoms with E-state index in [1.807, 2.05) is 0 Å². The summed E-state index contributed by atoms with van der Waals surface area (Å²) in [5.41, 5.74) is 0. The van der Waals surface area contributed by atoms with E-state index in [2.05, 4.69) is 20.8 Å². The molecule has 0 unspecified atom stereocenters. The third-order valence-corrected chi connectivity index (χ3v) is 3.72. The molecule has 2 N–H and O–H groups in total. The molecule has 22 heavy (non-hydrogen) atoms. The highest BCUT2D eigenvalue weighted by Gasteiger charge is 2.18. The molecule has 0 aromatic rings. The van der Waals surface area contributed by atoms with E-state index in [-0.39, 0.29) is 11.8 Å². The van der Waals surface area contributed by atoms with Crippen LogP contribution < -0.4 is 0 Å². The summed E-state index contributed by atoms with van der Waals surface area (Å²) in [6.07, 6.45) is 0. The van der Waals surface area contributed by atoms with E-state index in [1.54, 1.807) is 0 Å². The summed E-state index contributed by atoms with van der Waals surface area (Å²) in [5, 5.41) is 24.3. The highest BCUT2D eigenvalue weighted by molar-refractivity contribution is 5.75. The number of hydrogen-bond acceptors (Lipinski definition) is 8. The van der Waals surface area contributed by atoms with E-state index in [4.69, 9.17) is 25.6 Å². The fourth-order valence-corrected chi connectivity index (χ4v) is 2.29. The van der Waals surface area contributed by atoms with Gasteiger partial charge in [0, 0.05) is 39.3 Å². The van der Waals surface area contributed by atoms with Gasteiger partial charge in [0.2, 0.25) is 0 Å². The molecule has 0 aromatic carbocycles. The Hall–Kier alpha value is -1.69. The quantitative estimate of drug-likeness (QED) is 0.410. The van der Waals surface area contributed by atoms with E-state index in [0.29, 0.717) is 19.6 Å². The first-order valence-corrected chi connectivity index (χ1v) is 7.36. The fraction of sp³-hybridized carbons (Fsp3) is 0.786. The lowest BCUT2D eigenvalue weighted by atomic mass is 10.4. The third-order valence-electron chi connectivity index (χ3n) is 3.72. The molecule has 0 atom stereocenters. The fourth-order valence-electron chi connectivity index (χ4n) is 2.29. The number of ether oxygens (including phenoxy) is 2. The summed E-state index contributed by atoms with van der Waals surface area (Å²) in [4.78, 5) is 6.38. The maximum Gasteiger partial charge on any atom is 0.194 e. The first kappa shape index (κ1) is 18.4. The Kier molecular flexibility index (Phi) is 8.43. The monoisotopic (exact) mass is 310 g/mol. The Balaban J connectivity index is 2.67. The van der Waals surface area contributed by atoms with Crippen LogP contribution in [0.15, 0.2) is 0 Å². The molecule has 1 aliphatic rings.